The molecule has 0 spiro atoms. The summed E-state index contributed by atoms with van der Waals surface area (Å²) >= 11 is 5.82. The minimum absolute atomic E-state index is 0.0447. The molecule has 1 N–H and O–H groups in total. The Morgan fingerprint density at radius 1 is 0.977 bits per heavy atom. The van der Waals surface area contributed by atoms with E-state index in [1.807, 2.05) is 0 Å². The first-order chi connectivity index (χ1) is 20.3. The Labute approximate surface area is 245 Å². The number of hydrogen-bond donors (Lipinski definition) is 1. The van der Waals surface area contributed by atoms with Crippen molar-refractivity contribution in [3.63, 3.8) is 0 Å². The minimum Gasteiger partial charge on any atom is -0.494 e. The van der Waals surface area contributed by atoms with Crippen LogP contribution in [0.4, 0.5) is 50.9 Å². The second kappa shape index (κ2) is 12.6. The fourth-order valence-electron chi connectivity index (χ4n) is 3.93. The number of anilines is 1. The summed E-state index contributed by atoms with van der Waals surface area (Å²) in [4.78, 5) is 36.0. The summed E-state index contributed by atoms with van der Waals surface area (Å²) in [5.74, 6) is -3.61. The van der Waals surface area contributed by atoms with Gasteiger partial charge in [0.1, 0.15) is 5.75 Å². The van der Waals surface area contributed by atoms with Gasteiger partial charge in [-0.1, -0.05) is 17.7 Å². The van der Waals surface area contributed by atoms with Gasteiger partial charge in [0.25, 0.3) is 11.6 Å². The van der Waals surface area contributed by atoms with Crippen molar-refractivity contribution in [1.82, 2.24) is 0 Å². The maximum Gasteiger partial charge on any atom is 0.435 e. The van der Waals surface area contributed by atoms with E-state index in [2.05, 4.69) is 10.1 Å². The number of ether oxygens (including phenoxy) is 2. The number of nitro groups is 1. The summed E-state index contributed by atoms with van der Waals surface area (Å²) in [6.07, 6.45) is -14.3. The van der Waals surface area contributed by atoms with Crippen molar-refractivity contribution in [2.24, 2.45) is 0 Å². The molecule has 44 heavy (non-hydrogen) atoms. The molecule has 236 valence electrons. The minimum atomic E-state index is -6.60. The third kappa shape index (κ3) is 6.82. The molecule has 8 nitrogen and oxygen atoms in total. The van der Waals surface area contributed by atoms with E-state index in [1.54, 1.807) is 0 Å². The second-order valence-corrected chi connectivity index (χ2v) is 9.12. The Kier molecular flexibility index (Phi) is 9.72. The van der Waals surface area contributed by atoms with Gasteiger partial charge in [0, 0.05) is 40.3 Å². The highest BCUT2D eigenvalue weighted by molar-refractivity contribution is 6.32. The average Bonchev–Trinajstić information content (AvgIpc) is 2.92. The van der Waals surface area contributed by atoms with E-state index in [0.717, 1.165) is 37.4 Å². The van der Waals surface area contributed by atoms with Gasteiger partial charge in [-0.15, -0.1) is 0 Å². The van der Waals surface area contributed by atoms with E-state index in [9.17, 15) is 59.2 Å². The number of nitrogens with one attached hydrogen (secondary N) is 1. The van der Waals surface area contributed by atoms with Gasteiger partial charge >= 0.3 is 24.6 Å². The molecule has 3 aromatic carbocycles. The molecule has 0 aliphatic rings. The number of carbonyl (C=O) groups excluding carboxylic acids is 2. The lowest BCUT2D eigenvalue weighted by Crippen LogP contribution is -2.50. The number of rotatable bonds is 10. The van der Waals surface area contributed by atoms with Crippen LogP contribution < -0.4 is 14.8 Å². The fourth-order valence-corrected chi connectivity index (χ4v) is 4.21. The second-order valence-electron chi connectivity index (χ2n) is 8.71. The summed E-state index contributed by atoms with van der Waals surface area (Å²) in [5, 5.41) is 12.1. The number of hydrogen-bond acceptors (Lipinski definition) is 6. The zero-order chi connectivity index (χ0) is 33.2. The molecule has 0 saturated carbocycles. The normalized spacial score (nSPS) is 12.2. The molecule has 0 aliphatic heterocycles. The van der Waals surface area contributed by atoms with Crippen LogP contribution in [0.5, 0.6) is 11.5 Å². The van der Waals surface area contributed by atoms with E-state index < -0.39 is 69.6 Å². The van der Waals surface area contributed by atoms with Crippen molar-refractivity contribution in [1.29, 1.82) is 0 Å². The number of non-ortho nitro benzene ring substituents is 1. The van der Waals surface area contributed by atoms with Gasteiger partial charge in [0.05, 0.1) is 23.3 Å². The van der Waals surface area contributed by atoms with Crippen LogP contribution in [-0.2, 0) is 12.1 Å². The highest BCUT2D eigenvalue weighted by atomic mass is 35.5. The monoisotopic (exact) mass is 658 g/mol. The first-order valence-corrected chi connectivity index (χ1v) is 12.1. The molecule has 0 atom stereocenters. The van der Waals surface area contributed by atoms with Crippen LogP contribution in [0.15, 0.2) is 54.6 Å². The van der Waals surface area contributed by atoms with Crippen molar-refractivity contribution in [2.45, 2.75) is 31.1 Å². The first-order valence-electron chi connectivity index (χ1n) is 11.7. The summed E-state index contributed by atoms with van der Waals surface area (Å²) in [6.45, 7) is -3.84. The van der Waals surface area contributed by atoms with E-state index in [4.69, 9.17) is 16.3 Å². The van der Waals surface area contributed by atoms with Gasteiger partial charge in [-0.3, -0.25) is 19.7 Å². The van der Waals surface area contributed by atoms with Crippen molar-refractivity contribution < 1.29 is 63.5 Å². The Hall–Kier alpha value is -4.54. The largest absolute Gasteiger partial charge is 0.494 e. The SMILES string of the molecule is COc1c(NC(=O)c2ccc([N+](=O)[O-])cc2)cccc1C(=O)Cc1c(Cl)cc(C(F)(C(F)(F)F)C(F)(F)F)cc1OC(F)F. The predicted octanol–water partition coefficient (Wildman–Crippen LogP) is 7.83. The van der Waals surface area contributed by atoms with Gasteiger partial charge in [-0.25, -0.2) is 4.39 Å². The highest BCUT2D eigenvalue weighted by Crippen LogP contribution is 2.54. The van der Waals surface area contributed by atoms with Crippen LogP contribution in [0.2, 0.25) is 5.02 Å². The lowest BCUT2D eigenvalue weighted by Gasteiger charge is -2.31. The topological polar surface area (TPSA) is 108 Å². The number of alkyl halides is 9. The average molecular weight is 659 g/mol. The van der Waals surface area contributed by atoms with Crippen molar-refractivity contribution >= 4 is 34.7 Å². The number of methoxy groups -OCH3 is 1. The number of halogens is 10. The van der Waals surface area contributed by atoms with Crippen LogP contribution in [0, 0.1) is 10.1 Å². The molecular formula is C26H16ClF9N2O6. The summed E-state index contributed by atoms with van der Waals surface area (Å²) < 4.78 is 130. The van der Waals surface area contributed by atoms with Crippen molar-refractivity contribution in [3.8, 4) is 11.5 Å². The van der Waals surface area contributed by atoms with E-state index >= 15 is 0 Å². The summed E-state index contributed by atoms with van der Waals surface area (Å²) in [7, 11) is 1.07. The zero-order valence-electron chi connectivity index (χ0n) is 21.7. The number of amides is 1. The van der Waals surface area contributed by atoms with Crippen molar-refractivity contribution in [3.05, 3.63) is 92.0 Å². The van der Waals surface area contributed by atoms with E-state index in [0.29, 0.717) is 0 Å². The number of para-hydroxylation sites is 1. The molecule has 0 aromatic heterocycles. The number of benzene rings is 3. The Bertz CT molecular complexity index is 1560. The van der Waals surface area contributed by atoms with Crippen molar-refractivity contribution in [2.75, 3.05) is 12.4 Å². The molecule has 0 radical (unpaired) electrons. The predicted molar refractivity (Wildman–Crippen MR) is 135 cm³/mol. The Balaban J connectivity index is 2.02. The van der Waals surface area contributed by atoms with Gasteiger partial charge in [0.15, 0.2) is 11.5 Å². The number of nitrogens with zero attached hydrogens (tertiary/aromatic N) is 1. The van der Waals surface area contributed by atoms with Crippen LogP contribution in [-0.4, -0.2) is 42.7 Å². The van der Waals surface area contributed by atoms with E-state index in [-0.39, 0.29) is 40.4 Å². The molecule has 0 aliphatic carbocycles. The maximum absolute atomic E-state index is 14.6. The third-order valence-corrected chi connectivity index (χ3v) is 6.33. The highest BCUT2D eigenvalue weighted by Gasteiger charge is 2.73. The molecule has 0 saturated heterocycles. The van der Waals surface area contributed by atoms with Crippen LogP contribution in [0.25, 0.3) is 0 Å². The summed E-state index contributed by atoms with van der Waals surface area (Å²) in [6, 6.07) is 7.60. The van der Waals surface area contributed by atoms with Crippen LogP contribution in [0.1, 0.15) is 31.8 Å². The van der Waals surface area contributed by atoms with Crippen LogP contribution in [0.3, 0.4) is 0 Å². The van der Waals surface area contributed by atoms with Gasteiger partial charge in [-0.05, 0) is 36.4 Å². The smallest absolute Gasteiger partial charge is 0.435 e. The lowest BCUT2D eigenvalue weighted by atomic mass is 9.91. The summed E-state index contributed by atoms with van der Waals surface area (Å²) in [5.41, 5.74) is -9.91. The fraction of sp³-hybridized carbons (Fsp3) is 0.231. The number of nitro benzene ring substituents is 1. The number of ketones is 1. The molecule has 0 bridgehead atoms. The van der Waals surface area contributed by atoms with Gasteiger partial charge in [-0.2, -0.15) is 35.1 Å². The quantitative estimate of drug-likeness (QED) is 0.103. The lowest BCUT2D eigenvalue weighted by molar-refractivity contribution is -0.384. The molecule has 1 amide bonds. The molecule has 0 unspecified atom stereocenters. The number of Topliss-reactive ketones (excluding diaryl/α,β-unsaturated/α-hetero) is 1. The Morgan fingerprint density at radius 3 is 2.07 bits per heavy atom. The molecule has 0 fully saturated rings. The zero-order valence-corrected chi connectivity index (χ0v) is 22.4. The molecule has 0 heterocycles. The molecule has 3 aromatic rings. The standard InChI is InChI=1S/C26H16ClF9N2O6/c1-43-21-15(3-2-4-18(21)37-22(40)12-5-7-14(8-6-12)38(41)42)19(39)11-16-17(27)9-13(10-20(16)44-23(28)29)24(30,25(31,32)33)26(34,35)36/h2-10,23H,11H2,1H3,(H,37,40). The van der Waals surface area contributed by atoms with Crippen LogP contribution >= 0.6 is 11.6 Å². The molecular weight excluding hydrogens is 643 g/mol. The van der Waals surface area contributed by atoms with E-state index in [1.165, 1.54) is 12.1 Å². The molecule has 3 rings (SSSR count). The number of carbonyl (C=O) groups is 2. The van der Waals surface area contributed by atoms with Gasteiger partial charge in [0.2, 0.25) is 0 Å². The third-order valence-electron chi connectivity index (χ3n) is 6.00. The van der Waals surface area contributed by atoms with Gasteiger partial charge < -0.3 is 14.8 Å². The Morgan fingerprint density at radius 2 is 1.57 bits per heavy atom. The first kappa shape index (κ1) is 34.0. The molecule has 18 heteroatoms. The maximum atomic E-state index is 14.6.